The van der Waals surface area contributed by atoms with Crippen molar-refractivity contribution in [1.82, 2.24) is 0 Å². The molecule has 0 aromatic rings. The predicted octanol–water partition coefficient (Wildman–Crippen LogP) is 2.24. The van der Waals surface area contributed by atoms with Gasteiger partial charge >= 0.3 is 0 Å². The molecule has 0 N–H and O–H groups in total. The highest BCUT2D eigenvalue weighted by Crippen LogP contribution is 2.08. The third-order valence-electron chi connectivity index (χ3n) is 1.43. The van der Waals surface area contributed by atoms with Crippen LogP contribution in [0.3, 0.4) is 0 Å². The van der Waals surface area contributed by atoms with Gasteiger partial charge in [-0.15, -0.1) is 0 Å². The van der Waals surface area contributed by atoms with Gasteiger partial charge in [-0.3, -0.25) is 0 Å². The van der Waals surface area contributed by atoms with Crippen LogP contribution in [0.2, 0.25) is 0 Å². The van der Waals surface area contributed by atoms with Gasteiger partial charge in [0, 0.05) is 0 Å². The van der Waals surface area contributed by atoms with Gasteiger partial charge in [0.2, 0.25) is 0 Å². The molecule has 0 spiro atoms. The van der Waals surface area contributed by atoms with Crippen LogP contribution < -0.4 is 0 Å². The summed E-state index contributed by atoms with van der Waals surface area (Å²) >= 11 is 0. The summed E-state index contributed by atoms with van der Waals surface area (Å²) in [6.07, 6.45) is 1.59. The van der Waals surface area contributed by atoms with Gasteiger partial charge in [0.1, 0.15) is 0 Å². The first-order chi connectivity index (χ1) is 3.66. The molecule has 49 valence electrons. The van der Waals surface area contributed by atoms with E-state index in [4.69, 9.17) is 0 Å². The number of hydrogen-bond acceptors (Lipinski definition) is 0. The molecule has 0 bridgehead atoms. The molecule has 0 rings (SSSR count). The molecule has 2 atom stereocenters. The zero-order valence-corrected chi connectivity index (χ0v) is 5.98. The van der Waals surface area contributed by atoms with Gasteiger partial charge in [0.15, 0.2) is 0 Å². The molecule has 0 fully saturated rings. The standard InChI is InChI=1S/C7H15O/c1-4-6(2)5-7(3)8/h6-7H,4-5H2,1-3H3. The molecular formula is C7H15O. The van der Waals surface area contributed by atoms with E-state index in [0.29, 0.717) is 5.92 Å². The highest BCUT2D eigenvalue weighted by molar-refractivity contribution is 4.53. The lowest BCUT2D eigenvalue weighted by Crippen LogP contribution is -2.03. The second-order valence-corrected chi connectivity index (χ2v) is 2.56. The Labute approximate surface area is 51.7 Å². The highest BCUT2D eigenvalue weighted by atomic mass is 16.3. The van der Waals surface area contributed by atoms with Crippen molar-refractivity contribution in [2.75, 3.05) is 0 Å². The molecule has 2 unspecified atom stereocenters. The van der Waals surface area contributed by atoms with Crippen molar-refractivity contribution in [1.29, 1.82) is 0 Å². The van der Waals surface area contributed by atoms with Crippen LogP contribution in [0.15, 0.2) is 0 Å². The van der Waals surface area contributed by atoms with Crippen LogP contribution in [0.25, 0.3) is 0 Å². The minimum absolute atomic E-state index is 0.370. The lowest BCUT2D eigenvalue weighted by atomic mass is 10.0. The Morgan fingerprint density at radius 3 is 2.00 bits per heavy atom. The molecule has 1 heteroatoms. The summed E-state index contributed by atoms with van der Waals surface area (Å²) in [5, 5.41) is 10.5. The summed E-state index contributed by atoms with van der Waals surface area (Å²) in [5.74, 6) is 0.613. The van der Waals surface area contributed by atoms with Gasteiger partial charge in [0.05, 0.1) is 6.10 Å². The summed E-state index contributed by atoms with van der Waals surface area (Å²) in [7, 11) is 0. The molecule has 0 saturated heterocycles. The van der Waals surface area contributed by atoms with Gasteiger partial charge < -0.3 is 0 Å². The number of hydrogen-bond donors (Lipinski definition) is 0. The topological polar surface area (TPSA) is 19.9 Å². The smallest absolute Gasteiger partial charge is 0.0904 e. The van der Waals surface area contributed by atoms with Crippen molar-refractivity contribution in [3.8, 4) is 0 Å². The summed E-state index contributed by atoms with van der Waals surface area (Å²) in [6.45, 7) is 5.97. The first kappa shape index (κ1) is 7.96. The van der Waals surface area contributed by atoms with Crippen molar-refractivity contribution in [3.63, 3.8) is 0 Å². The fourth-order valence-corrected chi connectivity index (χ4v) is 0.733. The van der Waals surface area contributed by atoms with E-state index in [1.165, 1.54) is 0 Å². The third-order valence-corrected chi connectivity index (χ3v) is 1.43. The second kappa shape index (κ2) is 3.90. The zero-order chi connectivity index (χ0) is 6.57. The molecule has 0 amide bonds. The van der Waals surface area contributed by atoms with E-state index >= 15 is 0 Å². The molecule has 0 aliphatic rings. The van der Waals surface area contributed by atoms with Crippen molar-refractivity contribution in [2.24, 2.45) is 5.92 Å². The van der Waals surface area contributed by atoms with E-state index < -0.39 is 0 Å². The van der Waals surface area contributed by atoms with Crippen LogP contribution in [-0.4, -0.2) is 6.10 Å². The molecule has 0 aromatic heterocycles. The zero-order valence-electron chi connectivity index (χ0n) is 5.98. The van der Waals surface area contributed by atoms with Crippen LogP contribution >= 0.6 is 0 Å². The molecule has 0 aliphatic carbocycles. The number of rotatable bonds is 3. The Hall–Kier alpha value is -0.0400. The molecule has 1 nitrogen and oxygen atoms in total. The minimum Gasteiger partial charge on any atom is -0.233 e. The Balaban J connectivity index is 3.10. The summed E-state index contributed by atoms with van der Waals surface area (Å²) < 4.78 is 0. The van der Waals surface area contributed by atoms with Crippen molar-refractivity contribution < 1.29 is 5.11 Å². The van der Waals surface area contributed by atoms with E-state index in [0.717, 1.165) is 12.8 Å². The molecule has 0 heterocycles. The Bertz CT molecular complexity index is 50.3. The van der Waals surface area contributed by atoms with Crippen LogP contribution in [0, 0.1) is 5.92 Å². The van der Waals surface area contributed by atoms with E-state index in [-0.39, 0.29) is 6.10 Å². The van der Waals surface area contributed by atoms with Crippen LogP contribution in [-0.2, 0) is 5.11 Å². The van der Waals surface area contributed by atoms with Gasteiger partial charge in [-0.2, -0.15) is 0 Å². The Kier molecular flexibility index (Phi) is 3.88. The average molecular weight is 115 g/mol. The Morgan fingerprint density at radius 2 is 1.88 bits per heavy atom. The van der Waals surface area contributed by atoms with Crippen molar-refractivity contribution >= 4 is 0 Å². The largest absolute Gasteiger partial charge is 0.233 e. The fraction of sp³-hybridized carbons (Fsp3) is 1.00. The van der Waals surface area contributed by atoms with Gasteiger partial charge in [0.25, 0.3) is 0 Å². The van der Waals surface area contributed by atoms with E-state index in [2.05, 4.69) is 13.8 Å². The normalized spacial score (nSPS) is 18.0. The van der Waals surface area contributed by atoms with E-state index in [1.807, 2.05) is 0 Å². The Morgan fingerprint density at radius 1 is 1.38 bits per heavy atom. The van der Waals surface area contributed by atoms with E-state index in [9.17, 15) is 5.11 Å². The van der Waals surface area contributed by atoms with Crippen molar-refractivity contribution in [2.45, 2.75) is 39.7 Å². The molecule has 8 heavy (non-hydrogen) atoms. The van der Waals surface area contributed by atoms with Crippen LogP contribution in [0.5, 0.6) is 0 Å². The summed E-state index contributed by atoms with van der Waals surface area (Å²) in [5.41, 5.74) is 0. The van der Waals surface area contributed by atoms with Crippen LogP contribution in [0.1, 0.15) is 33.6 Å². The molecule has 0 aliphatic heterocycles. The predicted molar refractivity (Wildman–Crippen MR) is 34.2 cm³/mol. The third kappa shape index (κ3) is 4.13. The molecular weight excluding hydrogens is 100 g/mol. The van der Waals surface area contributed by atoms with Crippen LogP contribution in [0.4, 0.5) is 0 Å². The maximum atomic E-state index is 10.5. The average Bonchev–Trinajstić information content (AvgIpc) is 1.65. The fourth-order valence-electron chi connectivity index (χ4n) is 0.733. The lowest BCUT2D eigenvalue weighted by molar-refractivity contribution is 0.0834. The summed E-state index contributed by atoms with van der Waals surface area (Å²) in [4.78, 5) is 0. The quantitative estimate of drug-likeness (QED) is 0.537. The van der Waals surface area contributed by atoms with Gasteiger partial charge in [-0.25, -0.2) is 5.11 Å². The van der Waals surface area contributed by atoms with Gasteiger partial charge in [-0.1, -0.05) is 20.3 Å². The minimum atomic E-state index is -0.370. The first-order valence-electron chi connectivity index (χ1n) is 3.32. The molecule has 0 saturated carbocycles. The highest BCUT2D eigenvalue weighted by Gasteiger charge is 2.03. The summed E-state index contributed by atoms with van der Waals surface area (Å²) in [6, 6.07) is 0. The maximum absolute atomic E-state index is 10.5. The van der Waals surface area contributed by atoms with Gasteiger partial charge in [-0.05, 0) is 19.3 Å². The monoisotopic (exact) mass is 115 g/mol. The SMILES string of the molecule is CCC(C)CC(C)[O]. The molecule has 0 aromatic carbocycles. The van der Waals surface area contributed by atoms with Crippen molar-refractivity contribution in [3.05, 3.63) is 0 Å². The second-order valence-electron chi connectivity index (χ2n) is 2.56. The first-order valence-corrected chi connectivity index (χ1v) is 3.32. The lowest BCUT2D eigenvalue weighted by Gasteiger charge is -2.07. The molecule has 1 radical (unpaired) electrons. The maximum Gasteiger partial charge on any atom is 0.0904 e. The van der Waals surface area contributed by atoms with E-state index in [1.54, 1.807) is 6.92 Å².